The number of aldehydes is 1. The molecular formula is C10H9BrO3. The zero-order valence-electron chi connectivity index (χ0n) is 7.83. The van der Waals surface area contributed by atoms with Gasteiger partial charge in [0.25, 0.3) is 0 Å². The highest BCUT2D eigenvalue weighted by Crippen LogP contribution is 2.31. The van der Waals surface area contributed by atoms with Crippen molar-refractivity contribution in [3.63, 3.8) is 0 Å². The van der Waals surface area contributed by atoms with Crippen molar-refractivity contribution in [1.29, 1.82) is 0 Å². The number of benzene rings is 1. The average molecular weight is 257 g/mol. The van der Waals surface area contributed by atoms with Gasteiger partial charge in [0.15, 0.2) is 12.1 Å². The molecule has 1 rings (SSSR count). The highest BCUT2D eigenvalue weighted by atomic mass is 79.9. The van der Waals surface area contributed by atoms with E-state index in [2.05, 4.69) is 15.9 Å². The Bertz CT molecular complexity index is 385. The molecule has 1 aromatic carbocycles. The predicted octanol–water partition coefficient (Wildman–Crippen LogP) is 2.47. The lowest BCUT2D eigenvalue weighted by Gasteiger charge is -2.09. The number of hydrogen-bond acceptors (Lipinski definition) is 3. The van der Waals surface area contributed by atoms with Gasteiger partial charge in [0.1, 0.15) is 5.75 Å². The van der Waals surface area contributed by atoms with Gasteiger partial charge in [-0.1, -0.05) is 0 Å². The van der Waals surface area contributed by atoms with Gasteiger partial charge in [0.05, 0.1) is 17.1 Å². The molecular weight excluding hydrogens is 248 g/mol. The lowest BCUT2D eigenvalue weighted by atomic mass is 10.1. The van der Waals surface area contributed by atoms with Crippen molar-refractivity contribution in [3.05, 3.63) is 27.7 Å². The van der Waals surface area contributed by atoms with E-state index < -0.39 is 0 Å². The normalized spacial score (nSPS) is 9.64. The SMILES string of the molecule is COc1c(C(C)=O)ccc(C=O)c1Br. The number of carbonyl (C=O) groups is 2. The van der Waals surface area contributed by atoms with E-state index >= 15 is 0 Å². The number of halogens is 1. The Kier molecular flexibility index (Phi) is 3.41. The molecule has 0 unspecified atom stereocenters. The molecule has 0 aliphatic heterocycles. The van der Waals surface area contributed by atoms with E-state index in [1.54, 1.807) is 12.1 Å². The Hall–Kier alpha value is -1.16. The number of ketones is 1. The maximum absolute atomic E-state index is 11.2. The number of Topliss-reactive ketones (excluding diaryl/α,β-unsaturated/α-hetero) is 1. The summed E-state index contributed by atoms with van der Waals surface area (Å²) in [6.07, 6.45) is 0.705. The van der Waals surface area contributed by atoms with Crippen LogP contribution in [0.1, 0.15) is 27.6 Å². The first-order valence-corrected chi connectivity index (χ1v) is 4.73. The van der Waals surface area contributed by atoms with Gasteiger partial charge in [-0.05, 0) is 35.0 Å². The predicted molar refractivity (Wildman–Crippen MR) is 56.1 cm³/mol. The summed E-state index contributed by atoms with van der Waals surface area (Å²) in [4.78, 5) is 21.8. The number of hydrogen-bond donors (Lipinski definition) is 0. The molecule has 0 spiro atoms. The molecule has 0 saturated heterocycles. The van der Waals surface area contributed by atoms with E-state index in [9.17, 15) is 9.59 Å². The summed E-state index contributed by atoms with van der Waals surface area (Å²) in [7, 11) is 1.46. The minimum atomic E-state index is -0.0972. The smallest absolute Gasteiger partial charge is 0.163 e. The van der Waals surface area contributed by atoms with Gasteiger partial charge < -0.3 is 4.74 Å². The maximum Gasteiger partial charge on any atom is 0.163 e. The number of carbonyl (C=O) groups excluding carboxylic acids is 2. The molecule has 3 nitrogen and oxygen atoms in total. The average Bonchev–Trinajstić information content (AvgIpc) is 2.17. The zero-order valence-corrected chi connectivity index (χ0v) is 9.42. The van der Waals surface area contributed by atoms with E-state index in [0.29, 0.717) is 27.6 Å². The molecule has 0 radical (unpaired) electrons. The summed E-state index contributed by atoms with van der Waals surface area (Å²) in [5.41, 5.74) is 0.928. The second-order valence-corrected chi connectivity index (χ2v) is 3.52. The minimum Gasteiger partial charge on any atom is -0.495 e. The molecule has 4 heteroatoms. The fraction of sp³-hybridized carbons (Fsp3) is 0.200. The van der Waals surface area contributed by atoms with Crippen LogP contribution in [0, 0.1) is 0 Å². The summed E-state index contributed by atoms with van der Waals surface area (Å²) < 4.78 is 5.57. The molecule has 0 aromatic heterocycles. The van der Waals surface area contributed by atoms with E-state index in [0.717, 1.165) is 0 Å². The van der Waals surface area contributed by atoms with Crippen LogP contribution in [0.15, 0.2) is 16.6 Å². The van der Waals surface area contributed by atoms with Gasteiger partial charge in [-0.15, -0.1) is 0 Å². The number of methoxy groups -OCH3 is 1. The van der Waals surface area contributed by atoms with Crippen molar-refractivity contribution >= 4 is 28.0 Å². The Labute approximate surface area is 90.2 Å². The number of rotatable bonds is 3. The summed E-state index contributed by atoms with van der Waals surface area (Å²) in [6, 6.07) is 3.16. The van der Waals surface area contributed by atoms with Crippen LogP contribution in [0.25, 0.3) is 0 Å². The molecule has 0 N–H and O–H groups in total. The van der Waals surface area contributed by atoms with Gasteiger partial charge in [0.2, 0.25) is 0 Å². The third-order valence-corrected chi connectivity index (χ3v) is 2.66. The third kappa shape index (κ3) is 1.85. The number of ether oxygens (including phenoxy) is 1. The van der Waals surface area contributed by atoms with Gasteiger partial charge in [-0.3, -0.25) is 9.59 Å². The Morgan fingerprint density at radius 1 is 1.50 bits per heavy atom. The molecule has 0 amide bonds. The van der Waals surface area contributed by atoms with Crippen molar-refractivity contribution in [2.45, 2.75) is 6.92 Å². The fourth-order valence-corrected chi connectivity index (χ4v) is 1.74. The second kappa shape index (κ2) is 4.37. The molecule has 0 heterocycles. The van der Waals surface area contributed by atoms with Crippen molar-refractivity contribution in [2.75, 3.05) is 7.11 Å². The van der Waals surface area contributed by atoms with Crippen molar-refractivity contribution in [3.8, 4) is 5.75 Å². The standard InChI is InChI=1S/C10H9BrO3/c1-6(13)8-4-3-7(5-12)9(11)10(8)14-2/h3-5H,1-2H3. The van der Waals surface area contributed by atoms with E-state index in [4.69, 9.17) is 4.74 Å². The molecule has 0 atom stereocenters. The lowest BCUT2D eigenvalue weighted by molar-refractivity contribution is 0.101. The molecule has 0 saturated carbocycles. The van der Waals surface area contributed by atoms with Crippen LogP contribution in [0.3, 0.4) is 0 Å². The first-order valence-electron chi connectivity index (χ1n) is 3.94. The van der Waals surface area contributed by atoms with Crippen LogP contribution in [0.2, 0.25) is 0 Å². The highest BCUT2D eigenvalue weighted by Gasteiger charge is 2.14. The molecule has 14 heavy (non-hydrogen) atoms. The fourth-order valence-electron chi connectivity index (χ4n) is 1.14. The molecule has 1 aromatic rings. The van der Waals surface area contributed by atoms with Crippen molar-refractivity contribution in [2.24, 2.45) is 0 Å². The van der Waals surface area contributed by atoms with Crippen molar-refractivity contribution < 1.29 is 14.3 Å². The van der Waals surface area contributed by atoms with Crippen LogP contribution in [0.5, 0.6) is 5.75 Å². The first kappa shape index (κ1) is 10.9. The van der Waals surface area contributed by atoms with Crippen LogP contribution in [-0.2, 0) is 0 Å². The van der Waals surface area contributed by atoms with Gasteiger partial charge >= 0.3 is 0 Å². The molecule has 74 valence electrons. The maximum atomic E-state index is 11.2. The van der Waals surface area contributed by atoms with E-state index in [1.165, 1.54) is 14.0 Å². The largest absolute Gasteiger partial charge is 0.495 e. The summed E-state index contributed by atoms with van der Waals surface area (Å²) in [5, 5.41) is 0. The second-order valence-electron chi connectivity index (χ2n) is 2.72. The van der Waals surface area contributed by atoms with E-state index in [1.807, 2.05) is 0 Å². The molecule has 0 aliphatic carbocycles. The quantitative estimate of drug-likeness (QED) is 0.617. The minimum absolute atomic E-state index is 0.0972. The Balaban J connectivity index is 3.43. The van der Waals surface area contributed by atoms with E-state index in [-0.39, 0.29) is 5.78 Å². The molecule has 0 aliphatic rings. The Morgan fingerprint density at radius 3 is 2.57 bits per heavy atom. The first-order chi connectivity index (χ1) is 6.61. The summed E-state index contributed by atoms with van der Waals surface area (Å²) in [5.74, 6) is 0.307. The lowest BCUT2D eigenvalue weighted by Crippen LogP contribution is -2.00. The van der Waals surface area contributed by atoms with Crippen LogP contribution >= 0.6 is 15.9 Å². The van der Waals surface area contributed by atoms with Crippen LogP contribution in [-0.4, -0.2) is 19.2 Å². The van der Waals surface area contributed by atoms with Crippen molar-refractivity contribution in [1.82, 2.24) is 0 Å². The summed E-state index contributed by atoms with van der Waals surface area (Å²) in [6.45, 7) is 1.45. The molecule has 0 bridgehead atoms. The molecule has 0 fully saturated rings. The highest BCUT2D eigenvalue weighted by molar-refractivity contribution is 9.10. The summed E-state index contributed by atoms with van der Waals surface area (Å²) >= 11 is 3.21. The van der Waals surface area contributed by atoms with Crippen LogP contribution in [0.4, 0.5) is 0 Å². The van der Waals surface area contributed by atoms with Gasteiger partial charge in [0, 0.05) is 5.56 Å². The monoisotopic (exact) mass is 256 g/mol. The topological polar surface area (TPSA) is 43.4 Å². The van der Waals surface area contributed by atoms with Crippen LogP contribution < -0.4 is 4.74 Å². The Morgan fingerprint density at radius 2 is 2.14 bits per heavy atom. The van der Waals surface area contributed by atoms with Gasteiger partial charge in [-0.2, -0.15) is 0 Å². The van der Waals surface area contributed by atoms with Gasteiger partial charge in [-0.25, -0.2) is 0 Å². The zero-order chi connectivity index (χ0) is 10.7. The third-order valence-electron chi connectivity index (χ3n) is 1.84.